The number of ether oxygens (including phenoxy) is 3. The second-order valence-corrected chi connectivity index (χ2v) is 12.7. The van der Waals surface area contributed by atoms with E-state index in [2.05, 4.69) is 15.0 Å². The van der Waals surface area contributed by atoms with Crippen LogP contribution in [0, 0.1) is 11.7 Å². The fourth-order valence-electron chi connectivity index (χ4n) is 6.60. The topological polar surface area (TPSA) is 85.4 Å². The number of alkyl halides is 3. The van der Waals surface area contributed by atoms with Crippen molar-refractivity contribution in [2.45, 2.75) is 57.0 Å². The number of rotatable bonds is 7. The minimum Gasteiger partial charge on any atom is -0.444 e. The normalized spacial score (nSPS) is 22.1. The highest BCUT2D eigenvalue weighted by atomic mass is 35.5. The smallest absolute Gasteiger partial charge is 0.444 e. The molecule has 0 aliphatic carbocycles. The number of aromatic amines is 1. The number of H-pyrrole nitrogens is 1. The molecular weight excluding hydrogens is 626 g/mol. The van der Waals surface area contributed by atoms with Crippen molar-refractivity contribution >= 4 is 11.6 Å². The molecule has 2 atom stereocenters. The summed E-state index contributed by atoms with van der Waals surface area (Å²) in [6, 6.07) is 12.1. The summed E-state index contributed by atoms with van der Waals surface area (Å²) in [5, 5.41) is 6.08. The van der Waals surface area contributed by atoms with Crippen LogP contribution in [0.3, 0.4) is 0 Å². The van der Waals surface area contributed by atoms with Crippen molar-refractivity contribution in [3.8, 4) is 22.9 Å². The summed E-state index contributed by atoms with van der Waals surface area (Å²) < 4.78 is 72.3. The van der Waals surface area contributed by atoms with Crippen LogP contribution in [-0.2, 0) is 29.7 Å². The summed E-state index contributed by atoms with van der Waals surface area (Å²) in [5.74, 6) is -1.24. The molecule has 3 aliphatic heterocycles. The second kappa shape index (κ2) is 12.1. The molecule has 13 heteroatoms. The number of hydrogen-bond donors (Lipinski definition) is 1. The lowest BCUT2D eigenvalue weighted by atomic mass is 9.88. The molecule has 2 aromatic carbocycles. The molecule has 1 unspecified atom stereocenters. The molecule has 4 aromatic rings. The van der Waals surface area contributed by atoms with E-state index >= 15 is 0 Å². The lowest BCUT2D eigenvalue weighted by molar-refractivity contribution is -0.144. The summed E-state index contributed by atoms with van der Waals surface area (Å²) >= 11 is 5.97. The van der Waals surface area contributed by atoms with Crippen LogP contribution in [0.2, 0.25) is 5.02 Å². The van der Waals surface area contributed by atoms with Crippen LogP contribution in [0.25, 0.3) is 11.4 Å². The van der Waals surface area contributed by atoms with Crippen molar-refractivity contribution in [3.63, 3.8) is 0 Å². The maximum absolute atomic E-state index is 14.8. The molecule has 0 radical (unpaired) electrons. The zero-order valence-corrected chi connectivity index (χ0v) is 25.8. The van der Waals surface area contributed by atoms with Gasteiger partial charge >= 0.3 is 6.18 Å². The molecule has 2 aromatic heterocycles. The molecule has 46 heavy (non-hydrogen) atoms. The number of aromatic nitrogens is 4. The van der Waals surface area contributed by atoms with Gasteiger partial charge in [-0.05, 0) is 86.5 Å². The Morgan fingerprint density at radius 1 is 1.09 bits per heavy atom. The molecule has 5 heterocycles. The van der Waals surface area contributed by atoms with Gasteiger partial charge in [0.25, 0.3) is 5.79 Å². The Morgan fingerprint density at radius 3 is 2.63 bits per heavy atom. The van der Waals surface area contributed by atoms with Crippen LogP contribution in [0.1, 0.15) is 60.3 Å². The Kier molecular flexibility index (Phi) is 8.14. The number of benzene rings is 2. The summed E-state index contributed by atoms with van der Waals surface area (Å²) in [4.78, 5) is 10.7. The molecule has 0 bridgehead atoms. The third-order valence-corrected chi connectivity index (χ3v) is 9.27. The van der Waals surface area contributed by atoms with Crippen LogP contribution in [0.15, 0.2) is 48.7 Å². The van der Waals surface area contributed by atoms with E-state index in [0.717, 1.165) is 49.2 Å². The van der Waals surface area contributed by atoms with Crippen LogP contribution in [0.5, 0.6) is 11.5 Å². The molecule has 7 rings (SSSR count). The summed E-state index contributed by atoms with van der Waals surface area (Å²) in [5.41, 5.74) is 3.60. The first kappa shape index (κ1) is 30.9. The zero-order valence-electron chi connectivity index (χ0n) is 25.0. The molecular formula is C33H32ClF4N5O3. The number of likely N-dealkylation sites (tertiary alicyclic amines) is 1. The molecule has 0 amide bonds. The van der Waals surface area contributed by atoms with Crippen molar-refractivity contribution in [1.29, 1.82) is 0 Å². The fraction of sp³-hybridized carbons (Fsp3) is 0.424. The first-order valence-electron chi connectivity index (χ1n) is 15.3. The monoisotopic (exact) mass is 657 g/mol. The average molecular weight is 658 g/mol. The van der Waals surface area contributed by atoms with E-state index in [0.29, 0.717) is 54.2 Å². The molecule has 8 nitrogen and oxygen atoms in total. The van der Waals surface area contributed by atoms with Crippen molar-refractivity contribution in [2.75, 3.05) is 26.3 Å². The minimum atomic E-state index is -4.61. The largest absolute Gasteiger partial charge is 0.451 e. The molecule has 0 spiro atoms. The van der Waals surface area contributed by atoms with Gasteiger partial charge in [0.15, 0.2) is 17.3 Å². The number of nitrogens with zero attached hydrogens (tertiary/aromatic N) is 4. The highest BCUT2D eigenvalue weighted by Crippen LogP contribution is 2.50. The van der Waals surface area contributed by atoms with Crippen molar-refractivity contribution in [2.24, 2.45) is 5.92 Å². The SMILES string of the molecule is C[C@]1(c2ccc(Cl)cc2F)Oc2cccc(C3CCN(Cc4ncc(-c5n[nH]c(C(F)(F)F)n5)cc4CC4CCOC4)CC3)c2O1. The average Bonchev–Trinajstić information content (AvgIpc) is 3.78. The van der Waals surface area contributed by atoms with Crippen LogP contribution >= 0.6 is 11.6 Å². The summed E-state index contributed by atoms with van der Waals surface area (Å²) in [6.07, 6.45) is 0.307. The molecule has 2 fully saturated rings. The highest BCUT2D eigenvalue weighted by molar-refractivity contribution is 6.30. The number of halogens is 5. The van der Waals surface area contributed by atoms with Gasteiger partial charge in [-0.3, -0.25) is 15.0 Å². The van der Waals surface area contributed by atoms with Crippen LogP contribution < -0.4 is 9.47 Å². The number of pyridine rings is 1. The van der Waals surface area contributed by atoms with E-state index < -0.39 is 23.6 Å². The Morgan fingerprint density at radius 2 is 1.91 bits per heavy atom. The Bertz CT molecular complexity index is 1740. The van der Waals surface area contributed by atoms with Crippen molar-refractivity contribution in [3.05, 3.63) is 87.7 Å². The second-order valence-electron chi connectivity index (χ2n) is 12.3. The Balaban J connectivity index is 1.06. The lowest BCUT2D eigenvalue weighted by Gasteiger charge is -2.33. The first-order valence-corrected chi connectivity index (χ1v) is 15.7. The van der Waals surface area contributed by atoms with Gasteiger partial charge in [-0.1, -0.05) is 23.7 Å². The standard InChI is InChI=1S/C33H32ClF4N5O3/c1-32(25-6-5-23(34)15-26(25)35)45-28-4-2-3-24(29(28)46-32)20-7-10-43(11-8-20)17-27-21(13-19-9-12-44-18-19)14-22(16-39-27)30-40-31(42-41-30)33(36,37)38/h2-6,14-16,19-20H,7-13,17-18H2,1H3,(H,40,41,42)/t19?,32-/m0/s1. The van der Waals surface area contributed by atoms with Gasteiger partial charge in [-0.2, -0.15) is 18.3 Å². The van der Waals surface area contributed by atoms with Gasteiger partial charge in [0.1, 0.15) is 5.82 Å². The van der Waals surface area contributed by atoms with E-state index in [1.165, 1.54) is 6.07 Å². The maximum atomic E-state index is 14.8. The van der Waals surface area contributed by atoms with Gasteiger partial charge in [0, 0.05) is 49.0 Å². The molecule has 242 valence electrons. The molecule has 1 N–H and O–H groups in total. The van der Waals surface area contributed by atoms with Gasteiger partial charge in [-0.25, -0.2) is 9.37 Å². The quantitative estimate of drug-likeness (QED) is 0.209. The highest BCUT2D eigenvalue weighted by Gasteiger charge is 2.43. The first-order chi connectivity index (χ1) is 22.1. The Labute approximate surface area is 268 Å². The van der Waals surface area contributed by atoms with Crippen molar-refractivity contribution < 1.29 is 31.8 Å². The van der Waals surface area contributed by atoms with E-state index in [1.807, 2.05) is 29.4 Å². The number of nitrogens with one attached hydrogen (secondary N) is 1. The minimum absolute atomic E-state index is 0.0346. The summed E-state index contributed by atoms with van der Waals surface area (Å²) in [7, 11) is 0. The van der Waals surface area contributed by atoms with Crippen LogP contribution in [0.4, 0.5) is 17.6 Å². The predicted molar refractivity (Wildman–Crippen MR) is 161 cm³/mol. The third kappa shape index (κ3) is 6.17. The molecule has 2 saturated heterocycles. The predicted octanol–water partition coefficient (Wildman–Crippen LogP) is 7.28. The number of para-hydroxylation sites is 1. The van der Waals surface area contributed by atoms with Crippen molar-refractivity contribution in [1.82, 2.24) is 25.1 Å². The van der Waals surface area contributed by atoms with E-state index in [4.69, 9.17) is 30.8 Å². The molecule has 3 aliphatic rings. The van der Waals surface area contributed by atoms with Gasteiger partial charge in [0.05, 0.1) is 11.3 Å². The maximum Gasteiger partial charge on any atom is 0.451 e. The molecule has 0 saturated carbocycles. The summed E-state index contributed by atoms with van der Waals surface area (Å²) in [6.45, 7) is 5.27. The van der Waals surface area contributed by atoms with E-state index in [-0.39, 0.29) is 17.3 Å². The van der Waals surface area contributed by atoms with E-state index in [9.17, 15) is 17.6 Å². The third-order valence-electron chi connectivity index (χ3n) is 9.04. The van der Waals surface area contributed by atoms with E-state index in [1.54, 1.807) is 25.3 Å². The van der Waals surface area contributed by atoms with Gasteiger partial charge in [-0.15, -0.1) is 0 Å². The number of fused-ring (bicyclic) bond motifs is 1. The fourth-order valence-corrected chi connectivity index (χ4v) is 6.76. The lowest BCUT2D eigenvalue weighted by Crippen LogP contribution is -2.34. The number of piperidine rings is 1. The van der Waals surface area contributed by atoms with Gasteiger partial charge < -0.3 is 14.2 Å². The zero-order chi connectivity index (χ0) is 32.1. The Hall–Kier alpha value is -3.74. The van der Waals surface area contributed by atoms with Crippen LogP contribution in [-0.4, -0.2) is 51.4 Å². The number of hydrogen-bond acceptors (Lipinski definition) is 7. The van der Waals surface area contributed by atoms with Gasteiger partial charge in [0.2, 0.25) is 5.82 Å².